The first-order chi connectivity index (χ1) is 11.7. The van der Waals surface area contributed by atoms with Crippen LogP contribution in [-0.4, -0.2) is 11.0 Å². The van der Waals surface area contributed by atoms with E-state index in [4.69, 9.17) is 16.3 Å². The van der Waals surface area contributed by atoms with Gasteiger partial charge in [-0.1, -0.05) is 48.0 Å². The van der Waals surface area contributed by atoms with Crippen LogP contribution in [-0.2, 0) is 0 Å². The first-order valence-corrected chi connectivity index (χ1v) is 7.84. The van der Waals surface area contributed by atoms with E-state index in [2.05, 4.69) is 4.98 Å². The zero-order chi connectivity index (χ0) is 16.5. The second-order valence-corrected chi connectivity index (χ2v) is 5.83. The number of pyridine rings is 1. The Morgan fingerprint density at radius 2 is 1.71 bits per heavy atom. The van der Waals surface area contributed by atoms with Crippen molar-refractivity contribution >= 4 is 39.2 Å². The van der Waals surface area contributed by atoms with Gasteiger partial charge in [0, 0.05) is 16.6 Å². The predicted molar refractivity (Wildman–Crippen MR) is 95.7 cm³/mol. The summed E-state index contributed by atoms with van der Waals surface area (Å²) in [6.45, 7) is 0. The van der Waals surface area contributed by atoms with E-state index in [9.17, 15) is 4.79 Å². The number of fused-ring (bicyclic) bond motifs is 3. The van der Waals surface area contributed by atoms with Crippen LogP contribution >= 0.6 is 11.6 Å². The average Bonchev–Trinajstić information content (AvgIpc) is 2.61. The summed E-state index contributed by atoms with van der Waals surface area (Å²) < 4.78 is 5.64. The second-order valence-electron chi connectivity index (χ2n) is 5.39. The average molecular weight is 334 g/mol. The third-order valence-corrected chi connectivity index (χ3v) is 4.07. The zero-order valence-corrected chi connectivity index (χ0v) is 13.3. The fourth-order valence-electron chi connectivity index (χ4n) is 2.74. The monoisotopic (exact) mass is 333 g/mol. The van der Waals surface area contributed by atoms with Crippen LogP contribution in [0.1, 0.15) is 10.4 Å². The summed E-state index contributed by atoms with van der Waals surface area (Å²) in [4.78, 5) is 16.9. The number of carbonyl (C=O) groups is 1. The van der Waals surface area contributed by atoms with E-state index < -0.39 is 5.97 Å². The summed E-state index contributed by atoms with van der Waals surface area (Å²) in [5.41, 5.74) is 1.22. The van der Waals surface area contributed by atoms with E-state index >= 15 is 0 Å². The number of ether oxygens (including phenoxy) is 1. The van der Waals surface area contributed by atoms with Gasteiger partial charge in [-0.05, 0) is 35.7 Å². The Morgan fingerprint density at radius 1 is 0.917 bits per heavy atom. The van der Waals surface area contributed by atoms with Crippen LogP contribution < -0.4 is 4.74 Å². The molecule has 4 aromatic rings. The topological polar surface area (TPSA) is 39.2 Å². The summed E-state index contributed by atoms with van der Waals surface area (Å²) in [7, 11) is 0. The molecule has 0 amide bonds. The Hall–Kier alpha value is -2.91. The quantitative estimate of drug-likeness (QED) is 0.285. The maximum atomic E-state index is 12.4. The number of esters is 1. The highest BCUT2D eigenvalue weighted by molar-refractivity contribution is 6.30. The summed E-state index contributed by atoms with van der Waals surface area (Å²) >= 11 is 5.95. The van der Waals surface area contributed by atoms with Crippen molar-refractivity contribution in [2.75, 3.05) is 0 Å². The highest BCUT2D eigenvalue weighted by Crippen LogP contribution is 2.32. The molecule has 116 valence electrons. The number of nitrogens with zero attached hydrogens (tertiary/aromatic N) is 1. The van der Waals surface area contributed by atoms with Gasteiger partial charge in [-0.25, -0.2) is 4.79 Å². The van der Waals surface area contributed by atoms with E-state index in [0.29, 0.717) is 16.3 Å². The molecule has 0 saturated heterocycles. The summed E-state index contributed by atoms with van der Waals surface area (Å²) in [5, 5.41) is 3.29. The van der Waals surface area contributed by atoms with Crippen molar-refractivity contribution in [2.24, 2.45) is 0 Å². The van der Waals surface area contributed by atoms with Gasteiger partial charge in [0.1, 0.15) is 5.75 Å². The molecule has 1 heterocycles. The van der Waals surface area contributed by atoms with E-state index in [-0.39, 0.29) is 0 Å². The van der Waals surface area contributed by atoms with Gasteiger partial charge in [-0.2, -0.15) is 0 Å². The molecule has 3 aromatic carbocycles. The molecule has 0 unspecified atom stereocenters. The Morgan fingerprint density at radius 3 is 2.58 bits per heavy atom. The third kappa shape index (κ3) is 2.59. The Labute approximate surface area is 143 Å². The number of aromatic nitrogens is 1. The van der Waals surface area contributed by atoms with Crippen LogP contribution in [0.2, 0.25) is 5.02 Å². The Balaban J connectivity index is 1.85. The van der Waals surface area contributed by atoms with E-state index in [1.54, 1.807) is 36.5 Å². The van der Waals surface area contributed by atoms with Crippen molar-refractivity contribution in [3.8, 4) is 5.75 Å². The van der Waals surface area contributed by atoms with Crippen LogP contribution in [0.5, 0.6) is 5.75 Å². The normalized spacial score (nSPS) is 10.9. The lowest BCUT2D eigenvalue weighted by Gasteiger charge is -2.10. The highest BCUT2D eigenvalue weighted by Gasteiger charge is 2.13. The van der Waals surface area contributed by atoms with Gasteiger partial charge in [-0.15, -0.1) is 0 Å². The van der Waals surface area contributed by atoms with Crippen molar-refractivity contribution in [1.82, 2.24) is 4.98 Å². The van der Waals surface area contributed by atoms with Gasteiger partial charge in [0.25, 0.3) is 0 Å². The zero-order valence-electron chi connectivity index (χ0n) is 12.6. The first-order valence-electron chi connectivity index (χ1n) is 7.46. The van der Waals surface area contributed by atoms with Crippen molar-refractivity contribution in [3.63, 3.8) is 0 Å². The van der Waals surface area contributed by atoms with Gasteiger partial charge in [0.2, 0.25) is 0 Å². The molecule has 0 aliphatic carbocycles. The molecular weight excluding hydrogens is 322 g/mol. The van der Waals surface area contributed by atoms with E-state index in [1.165, 1.54) is 0 Å². The minimum atomic E-state index is -0.446. The largest absolute Gasteiger partial charge is 0.422 e. The summed E-state index contributed by atoms with van der Waals surface area (Å²) in [6, 6.07) is 20.2. The molecule has 3 nitrogen and oxygen atoms in total. The van der Waals surface area contributed by atoms with Crippen LogP contribution in [0.15, 0.2) is 72.9 Å². The van der Waals surface area contributed by atoms with Crippen molar-refractivity contribution < 1.29 is 9.53 Å². The Bertz CT molecular complexity index is 1080. The lowest BCUT2D eigenvalue weighted by molar-refractivity contribution is 0.0737. The highest BCUT2D eigenvalue weighted by atomic mass is 35.5. The molecule has 0 aliphatic heterocycles. The first kappa shape index (κ1) is 14.7. The molecule has 4 heteroatoms. The number of hydrogen-bond acceptors (Lipinski definition) is 3. The van der Waals surface area contributed by atoms with Crippen molar-refractivity contribution in [3.05, 3.63) is 83.5 Å². The molecule has 0 saturated carbocycles. The fraction of sp³-hybridized carbons (Fsp3) is 0. The molecule has 0 bridgehead atoms. The fourth-order valence-corrected chi connectivity index (χ4v) is 2.93. The Kier molecular flexibility index (Phi) is 3.63. The molecule has 0 spiro atoms. The molecule has 1 aromatic heterocycles. The van der Waals surface area contributed by atoms with Crippen LogP contribution in [0.4, 0.5) is 0 Å². The molecule has 0 aliphatic rings. The molecule has 4 rings (SSSR count). The van der Waals surface area contributed by atoms with E-state index in [0.717, 1.165) is 21.7 Å². The standard InChI is InChI=1S/C20H12ClNO2/c21-16-7-1-5-15(12-16)20(23)24-17-8-2-4-13-9-10-14-6-3-11-22-19(14)18(13)17/h1-12H. The van der Waals surface area contributed by atoms with Gasteiger partial charge < -0.3 is 4.74 Å². The van der Waals surface area contributed by atoms with Gasteiger partial charge in [-0.3, -0.25) is 4.98 Å². The maximum Gasteiger partial charge on any atom is 0.343 e. The van der Waals surface area contributed by atoms with Gasteiger partial charge in [0.05, 0.1) is 16.5 Å². The maximum absolute atomic E-state index is 12.4. The second kappa shape index (κ2) is 5.95. The number of hydrogen-bond donors (Lipinski definition) is 0. The number of rotatable bonds is 2. The minimum Gasteiger partial charge on any atom is -0.422 e. The number of halogens is 1. The van der Waals surface area contributed by atoms with E-state index in [1.807, 2.05) is 36.4 Å². The molecule has 0 atom stereocenters. The summed E-state index contributed by atoms with van der Waals surface area (Å²) in [6.07, 6.45) is 1.73. The smallest absolute Gasteiger partial charge is 0.343 e. The SMILES string of the molecule is O=C(Oc1cccc2ccc3cccnc3c12)c1cccc(Cl)c1. The molecule has 0 N–H and O–H groups in total. The summed E-state index contributed by atoms with van der Waals surface area (Å²) in [5.74, 6) is 0.0414. The number of carbonyl (C=O) groups excluding carboxylic acids is 1. The lowest BCUT2D eigenvalue weighted by Crippen LogP contribution is -2.08. The minimum absolute atomic E-state index is 0.410. The van der Waals surface area contributed by atoms with Crippen LogP contribution in [0.3, 0.4) is 0 Å². The number of benzene rings is 3. The van der Waals surface area contributed by atoms with Crippen molar-refractivity contribution in [1.29, 1.82) is 0 Å². The molecular formula is C20H12ClNO2. The van der Waals surface area contributed by atoms with Gasteiger partial charge >= 0.3 is 5.97 Å². The van der Waals surface area contributed by atoms with Crippen LogP contribution in [0.25, 0.3) is 21.7 Å². The van der Waals surface area contributed by atoms with Gasteiger partial charge in [0.15, 0.2) is 0 Å². The molecule has 24 heavy (non-hydrogen) atoms. The third-order valence-electron chi connectivity index (χ3n) is 3.84. The molecule has 0 radical (unpaired) electrons. The lowest BCUT2D eigenvalue weighted by atomic mass is 10.1. The van der Waals surface area contributed by atoms with Crippen molar-refractivity contribution in [2.45, 2.75) is 0 Å². The predicted octanol–water partition coefficient (Wildman–Crippen LogP) is 5.26. The molecule has 0 fully saturated rings. The van der Waals surface area contributed by atoms with Crippen LogP contribution in [0, 0.1) is 0 Å².